The Bertz CT molecular complexity index is 765. The highest BCUT2D eigenvalue weighted by molar-refractivity contribution is 5.76. The van der Waals surface area contributed by atoms with Gasteiger partial charge in [0.05, 0.1) is 6.54 Å². The molecule has 0 saturated carbocycles. The number of likely N-dealkylation sites (tertiary alicyclic amines) is 1. The van der Waals surface area contributed by atoms with Gasteiger partial charge in [-0.05, 0) is 36.8 Å². The first-order valence-electron chi connectivity index (χ1n) is 8.51. The second kappa shape index (κ2) is 6.76. The van der Waals surface area contributed by atoms with Gasteiger partial charge in [0.2, 0.25) is 5.91 Å². The number of nitrogens with zero attached hydrogens (tertiary/aromatic N) is 4. The summed E-state index contributed by atoms with van der Waals surface area (Å²) in [4.78, 5) is 26.4. The number of hydrogen-bond donors (Lipinski definition) is 1. The highest BCUT2D eigenvalue weighted by Crippen LogP contribution is 2.34. The Hall–Kier alpha value is -2.15. The van der Waals surface area contributed by atoms with Gasteiger partial charge in [-0.25, -0.2) is 9.48 Å². The van der Waals surface area contributed by atoms with E-state index in [0.29, 0.717) is 18.7 Å². The molecule has 1 saturated heterocycles. The topological polar surface area (TPSA) is 79.8 Å². The lowest BCUT2D eigenvalue weighted by Crippen LogP contribution is -2.44. The molecule has 0 unspecified atom stereocenters. The summed E-state index contributed by atoms with van der Waals surface area (Å²) in [5.74, 6) is 0.0431. The number of fused-ring (bicyclic) bond motifs is 1. The SMILES string of the molecule is CCC1(CO)CCN(C(=O)CCn2nc3ccccn3c2=O)CC1. The molecule has 2 aromatic heterocycles. The van der Waals surface area contributed by atoms with Crippen molar-refractivity contribution in [1.29, 1.82) is 0 Å². The van der Waals surface area contributed by atoms with Crippen LogP contribution in [0.5, 0.6) is 0 Å². The summed E-state index contributed by atoms with van der Waals surface area (Å²) >= 11 is 0. The average Bonchev–Trinajstić information content (AvgIpc) is 2.96. The van der Waals surface area contributed by atoms with Crippen molar-refractivity contribution >= 4 is 11.6 Å². The van der Waals surface area contributed by atoms with Crippen LogP contribution in [0.1, 0.15) is 32.6 Å². The molecule has 0 radical (unpaired) electrons. The average molecular weight is 332 g/mol. The highest BCUT2D eigenvalue weighted by Gasteiger charge is 2.33. The Morgan fingerprint density at radius 3 is 2.71 bits per heavy atom. The number of rotatable bonds is 5. The summed E-state index contributed by atoms with van der Waals surface area (Å²) in [7, 11) is 0. The van der Waals surface area contributed by atoms with Crippen molar-refractivity contribution in [2.24, 2.45) is 5.41 Å². The van der Waals surface area contributed by atoms with E-state index in [1.54, 1.807) is 18.3 Å². The van der Waals surface area contributed by atoms with Crippen LogP contribution >= 0.6 is 0 Å². The van der Waals surface area contributed by atoms with Gasteiger partial charge in [-0.3, -0.25) is 9.20 Å². The Kier molecular flexibility index (Phi) is 4.71. The fourth-order valence-corrected chi connectivity index (χ4v) is 3.33. The minimum atomic E-state index is -0.220. The predicted molar refractivity (Wildman–Crippen MR) is 89.7 cm³/mol. The van der Waals surface area contributed by atoms with Gasteiger partial charge in [-0.1, -0.05) is 13.0 Å². The number of pyridine rings is 1. The summed E-state index contributed by atoms with van der Waals surface area (Å²) in [6, 6.07) is 5.37. The van der Waals surface area contributed by atoms with E-state index < -0.39 is 0 Å². The monoisotopic (exact) mass is 332 g/mol. The minimum absolute atomic E-state index is 0.0324. The molecule has 1 N–H and O–H groups in total. The summed E-state index contributed by atoms with van der Waals surface area (Å²) in [5, 5.41) is 13.8. The van der Waals surface area contributed by atoms with Crippen LogP contribution in [0.25, 0.3) is 5.65 Å². The van der Waals surface area contributed by atoms with E-state index in [0.717, 1.165) is 19.3 Å². The molecule has 3 heterocycles. The van der Waals surface area contributed by atoms with Crippen molar-refractivity contribution in [3.63, 3.8) is 0 Å². The standard InChI is InChI=1S/C17H24N4O3/c1-2-17(13-22)7-11-19(12-8-17)15(23)6-10-21-16(24)20-9-4-3-5-14(20)18-21/h3-5,9,22H,2,6-8,10-13H2,1H3. The third-order valence-electron chi connectivity index (χ3n) is 5.29. The van der Waals surface area contributed by atoms with Crippen LogP contribution in [0.4, 0.5) is 0 Å². The van der Waals surface area contributed by atoms with Gasteiger partial charge in [0, 0.05) is 32.3 Å². The van der Waals surface area contributed by atoms with Gasteiger partial charge in [-0.2, -0.15) is 0 Å². The van der Waals surface area contributed by atoms with Crippen molar-refractivity contribution in [2.75, 3.05) is 19.7 Å². The molecule has 1 aliphatic heterocycles. The first-order chi connectivity index (χ1) is 11.6. The van der Waals surface area contributed by atoms with E-state index in [9.17, 15) is 14.7 Å². The van der Waals surface area contributed by atoms with Gasteiger partial charge >= 0.3 is 5.69 Å². The first kappa shape index (κ1) is 16.7. The van der Waals surface area contributed by atoms with E-state index >= 15 is 0 Å². The first-order valence-corrected chi connectivity index (χ1v) is 8.51. The molecular weight excluding hydrogens is 308 g/mol. The maximum absolute atomic E-state index is 12.4. The maximum Gasteiger partial charge on any atom is 0.350 e. The lowest BCUT2D eigenvalue weighted by atomic mass is 9.77. The zero-order valence-electron chi connectivity index (χ0n) is 14.0. The Labute approximate surface area is 140 Å². The Balaban J connectivity index is 1.60. The van der Waals surface area contributed by atoms with E-state index in [-0.39, 0.29) is 36.6 Å². The minimum Gasteiger partial charge on any atom is -0.396 e. The molecule has 0 bridgehead atoms. The largest absolute Gasteiger partial charge is 0.396 e. The van der Waals surface area contributed by atoms with E-state index in [1.165, 1.54) is 9.08 Å². The number of hydrogen-bond acceptors (Lipinski definition) is 4. The number of aliphatic hydroxyl groups is 1. The summed E-state index contributed by atoms with van der Waals surface area (Å²) in [6.07, 6.45) is 4.54. The zero-order chi connectivity index (χ0) is 17.2. The number of aliphatic hydroxyl groups excluding tert-OH is 1. The number of aryl methyl sites for hydroxylation is 1. The Morgan fingerprint density at radius 2 is 2.08 bits per heavy atom. The molecule has 7 nitrogen and oxygen atoms in total. The molecule has 0 atom stereocenters. The molecule has 3 rings (SSSR count). The Morgan fingerprint density at radius 1 is 1.33 bits per heavy atom. The maximum atomic E-state index is 12.4. The van der Waals surface area contributed by atoms with Crippen LogP contribution in [0.15, 0.2) is 29.2 Å². The van der Waals surface area contributed by atoms with Gasteiger partial charge < -0.3 is 10.0 Å². The lowest BCUT2D eigenvalue weighted by Gasteiger charge is -2.40. The second-order valence-electron chi connectivity index (χ2n) is 6.58. The molecule has 1 amide bonds. The van der Waals surface area contributed by atoms with Crippen LogP contribution in [-0.4, -0.2) is 49.8 Å². The van der Waals surface area contributed by atoms with Crippen molar-refractivity contribution in [1.82, 2.24) is 19.1 Å². The van der Waals surface area contributed by atoms with Crippen LogP contribution in [0.2, 0.25) is 0 Å². The number of carbonyl (C=O) groups excluding carboxylic acids is 1. The third kappa shape index (κ3) is 3.08. The van der Waals surface area contributed by atoms with Gasteiger partial charge in [0.1, 0.15) is 0 Å². The molecule has 0 aromatic carbocycles. The van der Waals surface area contributed by atoms with Gasteiger partial charge in [-0.15, -0.1) is 5.10 Å². The molecule has 1 fully saturated rings. The molecular formula is C17H24N4O3. The van der Waals surface area contributed by atoms with Crippen LogP contribution in [0.3, 0.4) is 0 Å². The molecule has 130 valence electrons. The van der Waals surface area contributed by atoms with Crippen molar-refractivity contribution < 1.29 is 9.90 Å². The fraction of sp³-hybridized carbons (Fsp3) is 0.588. The smallest absolute Gasteiger partial charge is 0.350 e. The second-order valence-corrected chi connectivity index (χ2v) is 6.58. The number of aromatic nitrogens is 3. The fourth-order valence-electron chi connectivity index (χ4n) is 3.33. The lowest BCUT2D eigenvalue weighted by molar-refractivity contribution is -0.134. The zero-order valence-corrected chi connectivity index (χ0v) is 14.0. The molecule has 7 heteroatoms. The number of piperidine rings is 1. The van der Waals surface area contributed by atoms with E-state index in [4.69, 9.17) is 0 Å². The third-order valence-corrected chi connectivity index (χ3v) is 5.29. The number of amides is 1. The van der Waals surface area contributed by atoms with Crippen LogP contribution in [0, 0.1) is 5.41 Å². The predicted octanol–water partition coefficient (Wildman–Crippen LogP) is 0.897. The van der Waals surface area contributed by atoms with E-state index in [2.05, 4.69) is 12.0 Å². The van der Waals surface area contributed by atoms with Gasteiger partial charge in [0.15, 0.2) is 5.65 Å². The molecule has 2 aromatic rings. The van der Waals surface area contributed by atoms with Crippen LogP contribution < -0.4 is 5.69 Å². The van der Waals surface area contributed by atoms with Crippen molar-refractivity contribution in [3.8, 4) is 0 Å². The summed E-state index contributed by atoms with van der Waals surface area (Å²) in [6.45, 7) is 3.90. The van der Waals surface area contributed by atoms with Crippen molar-refractivity contribution in [3.05, 3.63) is 34.9 Å². The summed E-state index contributed by atoms with van der Waals surface area (Å²) in [5.41, 5.74) is 0.334. The normalized spacial score (nSPS) is 17.3. The van der Waals surface area contributed by atoms with E-state index in [1.807, 2.05) is 11.0 Å². The molecule has 1 aliphatic rings. The highest BCUT2D eigenvalue weighted by atomic mass is 16.3. The summed E-state index contributed by atoms with van der Waals surface area (Å²) < 4.78 is 2.82. The molecule has 0 aliphatic carbocycles. The number of carbonyl (C=O) groups is 1. The molecule has 0 spiro atoms. The van der Waals surface area contributed by atoms with Gasteiger partial charge in [0.25, 0.3) is 0 Å². The van der Waals surface area contributed by atoms with Crippen LogP contribution in [-0.2, 0) is 11.3 Å². The van der Waals surface area contributed by atoms with Crippen molar-refractivity contribution in [2.45, 2.75) is 39.2 Å². The molecule has 24 heavy (non-hydrogen) atoms. The quantitative estimate of drug-likeness (QED) is 0.882.